The van der Waals surface area contributed by atoms with Crippen LogP contribution in [0, 0.1) is 0 Å². The fourth-order valence-corrected chi connectivity index (χ4v) is 2.28. The Hall–Kier alpha value is -2.15. The summed E-state index contributed by atoms with van der Waals surface area (Å²) in [5.74, 6) is 0.219. The van der Waals surface area contributed by atoms with Crippen LogP contribution >= 0.6 is 15.9 Å². The number of halogens is 1. The number of hydrogen-bond donors (Lipinski definition) is 3. The Balaban J connectivity index is 1.64. The lowest BCUT2D eigenvalue weighted by Gasteiger charge is -1.99. The van der Waals surface area contributed by atoms with Crippen molar-refractivity contribution in [3.8, 4) is 5.75 Å². The minimum Gasteiger partial charge on any atom is -0.507 e. The molecule has 1 aromatic heterocycles. The van der Waals surface area contributed by atoms with Gasteiger partial charge in [0, 0.05) is 21.6 Å². The average molecular weight is 349 g/mol. The van der Waals surface area contributed by atoms with Gasteiger partial charge in [-0.15, -0.1) is 0 Å². The molecule has 0 saturated heterocycles. The Bertz CT molecular complexity index is 707. The molecule has 1 aliphatic carbocycles. The molecule has 108 valence electrons. The van der Waals surface area contributed by atoms with Crippen molar-refractivity contribution in [3.63, 3.8) is 0 Å². The highest BCUT2D eigenvalue weighted by Gasteiger charge is 2.26. The van der Waals surface area contributed by atoms with Gasteiger partial charge >= 0.3 is 0 Å². The molecule has 6 nitrogen and oxygen atoms in total. The van der Waals surface area contributed by atoms with Gasteiger partial charge < -0.3 is 5.11 Å². The molecule has 0 bridgehead atoms. The molecule has 7 heteroatoms. The number of nitrogens with one attached hydrogen (secondary N) is 2. The van der Waals surface area contributed by atoms with E-state index >= 15 is 0 Å². The zero-order chi connectivity index (χ0) is 14.8. The number of amides is 1. The monoisotopic (exact) mass is 348 g/mol. The second-order valence-electron chi connectivity index (χ2n) is 4.89. The van der Waals surface area contributed by atoms with Gasteiger partial charge in [-0.3, -0.25) is 9.89 Å². The molecular weight excluding hydrogens is 336 g/mol. The number of hydrazone groups is 1. The normalized spacial score (nSPS) is 14.5. The molecule has 3 rings (SSSR count). The summed E-state index contributed by atoms with van der Waals surface area (Å²) in [4.78, 5) is 11.9. The summed E-state index contributed by atoms with van der Waals surface area (Å²) in [7, 11) is 0. The van der Waals surface area contributed by atoms with Crippen molar-refractivity contribution >= 4 is 28.1 Å². The van der Waals surface area contributed by atoms with E-state index in [1.54, 1.807) is 24.3 Å². The van der Waals surface area contributed by atoms with Gasteiger partial charge in [0.1, 0.15) is 5.75 Å². The fourth-order valence-electron chi connectivity index (χ4n) is 1.90. The third kappa shape index (κ3) is 3.30. The summed E-state index contributed by atoms with van der Waals surface area (Å²) in [5, 5.41) is 20.3. The number of aromatic nitrogens is 2. The first-order valence-corrected chi connectivity index (χ1v) is 7.30. The van der Waals surface area contributed by atoms with Crippen molar-refractivity contribution in [2.75, 3.05) is 0 Å². The van der Waals surface area contributed by atoms with Crippen molar-refractivity contribution in [1.82, 2.24) is 15.6 Å². The van der Waals surface area contributed by atoms with E-state index < -0.39 is 0 Å². The molecule has 2 aromatic rings. The summed E-state index contributed by atoms with van der Waals surface area (Å²) in [6.45, 7) is 0. The van der Waals surface area contributed by atoms with Crippen molar-refractivity contribution < 1.29 is 9.90 Å². The summed E-state index contributed by atoms with van der Waals surface area (Å²) in [5.41, 5.74) is 4.20. The Kier molecular flexibility index (Phi) is 3.74. The molecule has 1 heterocycles. The topological polar surface area (TPSA) is 90.4 Å². The molecular formula is C14H13BrN4O2. The third-order valence-corrected chi connectivity index (χ3v) is 3.70. The van der Waals surface area contributed by atoms with E-state index in [1.807, 2.05) is 0 Å². The molecule has 0 unspecified atom stereocenters. The Morgan fingerprint density at radius 2 is 2.29 bits per heavy atom. The van der Waals surface area contributed by atoms with E-state index in [-0.39, 0.29) is 11.7 Å². The number of carbonyl (C=O) groups is 1. The highest BCUT2D eigenvalue weighted by molar-refractivity contribution is 9.10. The SMILES string of the molecule is O=C(N/N=C\c1cc(Br)ccc1O)c1cc(C2CC2)[nH]n1. The maximum Gasteiger partial charge on any atom is 0.291 e. The number of phenols is 1. The zero-order valence-corrected chi connectivity index (χ0v) is 12.6. The number of aromatic hydroxyl groups is 1. The van der Waals surface area contributed by atoms with E-state index in [1.165, 1.54) is 6.21 Å². The lowest BCUT2D eigenvalue weighted by Crippen LogP contribution is -2.18. The smallest absolute Gasteiger partial charge is 0.291 e. The standard InChI is InChI=1S/C14H13BrN4O2/c15-10-3-4-13(20)9(5-10)7-16-19-14(21)12-6-11(17-18-12)8-1-2-8/h3-8,20H,1-2H2,(H,17,18)(H,19,21)/b16-7-. The number of rotatable bonds is 4. The maximum absolute atomic E-state index is 11.9. The molecule has 0 aliphatic heterocycles. The lowest BCUT2D eigenvalue weighted by molar-refractivity contribution is 0.0950. The molecule has 1 fully saturated rings. The molecule has 1 aromatic carbocycles. The molecule has 1 aliphatic rings. The molecule has 3 N–H and O–H groups in total. The molecule has 0 spiro atoms. The molecule has 0 radical (unpaired) electrons. The van der Waals surface area contributed by atoms with Crippen molar-refractivity contribution in [2.24, 2.45) is 5.10 Å². The van der Waals surface area contributed by atoms with Crippen LogP contribution in [-0.2, 0) is 0 Å². The van der Waals surface area contributed by atoms with Crippen LogP contribution in [0.25, 0.3) is 0 Å². The Labute approximate surface area is 129 Å². The second kappa shape index (κ2) is 5.69. The van der Waals surface area contributed by atoms with Gasteiger partial charge in [0.05, 0.1) is 6.21 Å². The van der Waals surface area contributed by atoms with Gasteiger partial charge in [-0.25, -0.2) is 5.43 Å². The van der Waals surface area contributed by atoms with E-state index in [0.717, 1.165) is 23.0 Å². The van der Waals surface area contributed by atoms with Crippen LogP contribution in [0.4, 0.5) is 0 Å². The number of benzene rings is 1. The Morgan fingerprint density at radius 1 is 1.48 bits per heavy atom. The van der Waals surface area contributed by atoms with Gasteiger partial charge in [-0.1, -0.05) is 15.9 Å². The first-order valence-electron chi connectivity index (χ1n) is 6.50. The number of carbonyl (C=O) groups excluding carboxylic acids is 1. The predicted octanol–water partition coefficient (Wildman–Crippen LogP) is 2.52. The maximum atomic E-state index is 11.9. The Morgan fingerprint density at radius 3 is 3.05 bits per heavy atom. The largest absolute Gasteiger partial charge is 0.507 e. The first-order chi connectivity index (χ1) is 10.1. The van der Waals surface area contributed by atoms with Crippen molar-refractivity contribution in [1.29, 1.82) is 0 Å². The van der Waals surface area contributed by atoms with Gasteiger partial charge in [-0.05, 0) is 37.1 Å². The second-order valence-corrected chi connectivity index (χ2v) is 5.80. The molecule has 1 saturated carbocycles. The third-order valence-electron chi connectivity index (χ3n) is 3.21. The molecule has 1 amide bonds. The fraction of sp³-hybridized carbons (Fsp3) is 0.214. The van der Waals surface area contributed by atoms with Crippen LogP contribution in [0.2, 0.25) is 0 Å². The molecule has 21 heavy (non-hydrogen) atoms. The number of aromatic amines is 1. The van der Waals surface area contributed by atoms with Crippen LogP contribution in [0.15, 0.2) is 33.8 Å². The summed E-state index contributed by atoms with van der Waals surface area (Å²) in [6.07, 6.45) is 3.67. The van der Waals surface area contributed by atoms with Gasteiger partial charge in [0.15, 0.2) is 5.69 Å². The summed E-state index contributed by atoms with van der Waals surface area (Å²) < 4.78 is 0.814. The van der Waals surface area contributed by atoms with E-state index in [2.05, 4.69) is 36.7 Å². The number of nitrogens with zero attached hydrogens (tertiary/aromatic N) is 2. The number of phenolic OH excluding ortho intramolecular Hbond substituents is 1. The van der Waals surface area contributed by atoms with Gasteiger partial charge in [0.25, 0.3) is 5.91 Å². The highest BCUT2D eigenvalue weighted by atomic mass is 79.9. The van der Waals surface area contributed by atoms with Crippen molar-refractivity contribution in [2.45, 2.75) is 18.8 Å². The van der Waals surface area contributed by atoms with Gasteiger partial charge in [-0.2, -0.15) is 10.2 Å². The van der Waals surface area contributed by atoms with E-state index in [4.69, 9.17) is 0 Å². The summed E-state index contributed by atoms with van der Waals surface area (Å²) in [6, 6.07) is 6.71. The molecule has 0 atom stereocenters. The van der Waals surface area contributed by atoms with Crippen LogP contribution in [0.1, 0.15) is 40.5 Å². The number of H-pyrrole nitrogens is 1. The van der Waals surface area contributed by atoms with Crippen LogP contribution < -0.4 is 5.43 Å². The lowest BCUT2D eigenvalue weighted by atomic mass is 10.2. The minimum atomic E-state index is -0.385. The quantitative estimate of drug-likeness (QED) is 0.585. The van der Waals surface area contributed by atoms with Crippen LogP contribution in [0.3, 0.4) is 0 Å². The average Bonchev–Trinajstić information content (AvgIpc) is 3.20. The predicted molar refractivity (Wildman–Crippen MR) is 81.4 cm³/mol. The van der Waals surface area contributed by atoms with E-state index in [9.17, 15) is 9.90 Å². The van der Waals surface area contributed by atoms with Crippen LogP contribution in [0.5, 0.6) is 5.75 Å². The summed E-state index contributed by atoms with van der Waals surface area (Å²) >= 11 is 3.30. The first kappa shape index (κ1) is 13.8. The van der Waals surface area contributed by atoms with Crippen LogP contribution in [-0.4, -0.2) is 27.4 Å². The number of hydrogen-bond acceptors (Lipinski definition) is 4. The van der Waals surface area contributed by atoms with E-state index in [0.29, 0.717) is 17.2 Å². The van der Waals surface area contributed by atoms with Crippen molar-refractivity contribution in [3.05, 3.63) is 45.7 Å². The minimum absolute atomic E-state index is 0.0898. The zero-order valence-electron chi connectivity index (χ0n) is 11.0. The van der Waals surface area contributed by atoms with Gasteiger partial charge in [0.2, 0.25) is 0 Å². The highest BCUT2D eigenvalue weighted by Crippen LogP contribution is 2.38.